The molecule has 1 N–H and O–H groups in total. The van der Waals surface area contributed by atoms with Gasteiger partial charge in [0.2, 0.25) is 15.9 Å². The summed E-state index contributed by atoms with van der Waals surface area (Å²) in [6.07, 6.45) is 1.05. The third-order valence-electron chi connectivity index (χ3n) is 3.09. The Bertz CT molecular complexity index is 816. The second kappa shape index (κ2) is 6.96. The van der Waals surface area contributed by atoms with Crippen molar-refractivity contribution in [3.05, 3.63) is 34.2 Å². The summed E-state index contributed by atoms with van der Waals surface area (Å²) in [4.78, 5) is 17.2. The Morgan fingerprint density at radius 2 is 1.96 bits per heavy atom. The van der Waals surface area contributed by atoms with Crippen LogP contribution in [0.5, 0.6) is 0 Å². The lowest BCUT2D eigenvalue weighted by Gasteiger charge is -2.12. The number of likely N-dealkylation sites (N-methyl/N-ethyl adjacent to an activating group) is 1. The van der Waals surface area contributed by atoms with Gasteiger partial charge in [-0.15, -0.1) is 11.3 Å². The molecule has 2 rings (SSSR count). The molecule has 9 heteroatoms. The van der Waals surface area contributed by atoms with Gasteiger partial charge in [0.1, 0.15) is 0 Å². The van der Waals surface area contributed by atoms with Crippen LogP contribution < -0.4 is 5.32 Å². The predicted molar refractivity (Wildman–Crippen MR) is 93.4 cm³/mol. The molecule has 0 unspecified atom stereocenters. The van der Waals surface area contributed by atoms with Crippen molar-refractivity contribution in [2.45, 2.75) is 6.92 Å². The zero-order valence-electron chi connectivity index (χ0n) is 12.8. The zero-order valence-corrected chi connectivity index (χ0v) is 15.2. The van der Waals surface area contributed by atoms with Crippen LogP contribution in [-0.4, -0.2) is 43.5 Å². The maximum atomic E-state index is 11.9. The molecule has 0 bridgehead atoms. The molecular weight excluding hydrogens is 358 g/mol. The molecule has 0 saturated carbocycles. The predicted octanol–water partition coefficient (Wildman–Crippen LogP) is 2.60. The summed E-state index contributed by atoms with van der Waals surface area (Å²) in [7, 11) is -2.05. The van der Waals surface area contributed by atoms with Gasteiger partial charge in [-0.1, -0.05) is 23.7 Å². The molecular formula is C14H16ClN3O3S2. The van der Waals surface area contributed by atoms with Crippen LogP contribution in [0, 0.1) is 6.92 Å². The minimum atomic E-state index is -3.40. The number of aryl methyl sites for hydroxylation is 1. The van der Waals surface area contributed by atoms with E-state index >= 15 is 0 Å². The molecule has 2 aromatic rings. The van der Waals surface area contributed by atoms with Crippen molar-refractivity contribution < 1.29 is 13.2 Å². The third-order valence-corrected chi connectivity index (χ3v) is 5.49. The van der Waals surface area contributed by atoms with Crippen molar-refractivity contribution >= 4 is 44.0 Å². The molecule has 1 aromatic heterocycles. The van der Waals surface area contributed by atoms with Crippen molar-refractivity contribution in [2.75, 3.05) is 25.2 Å². The number of aromatic nitrogens is 1. The van der Waals surface area contributed by atoms with Crippen molar-refractivity contribution in [2.24, 2.45) is 0 Å². The molecule has 0 aliphatic carbocycles. The lowest BCUT2D eigenvalue weighted by Crippen LogP contribution is -2.34. The number of hydrogen-bond donors (Lipinski definition) is 1. The maximum Gasteiger partial charge on any atom is 0.241 e. The summed E-state index contributed by atoms with van der Waals surface area (Å²) in [5, 5.41) is 3.69. The number of carbonyl (C=O) groups is 1. The normalized spacial score (nSPS) is 11.7. The van der Waals surface area contributed by atoms with Crippen LogP contribution >= 0.6 is 22.9 Å². The smallest absolute Gasteiger partial charge is 0.241 e. The minimum absolute atomic E-state index is 0.256. The van der Waals surface area contributed by atoms with Crippen LogP contribution in [0.2, 0.25) is 5.02 Å². The lowest BCUT2D eigenvalue weighted by atomic mass is 10.1. The molecule has 1 aromatic carbocycles. The number of amides is 1. The highest BCUT2D eigenvalue weighted by molar-refractivity contribution is 7.88. The van der Waals surface area contributed by atoms with E-state index < -0.39 is 15.9 Å². The molecule has 0 saturated heterocycles. The number of halogens is 1. The van der Waals surface area contributed by atoms with Gasteiger partial charge in [0.05, 0.1) is 18.5 Å². The Morgan fingerprint density at radius 3 is 2.52 bits per heavy atom. The first-order valence-electron chi connectivity index (χ1n) is 6.61. The van der Waals surface area contributed by atoms with E-state index in [1.165, 1.54) is 18.4 Å². The van der Waals surface area contributed by atoms with Crippen LogP contribution in [0.25, 0.3) is 11.3 Å². The number of thiazole rings is 1. The summed E-state index contributed by atoms with van der Waals surface area (Å²) in [5.41, 5.74) is 1.66. The minimum Gasteiger partial charge on any atom is -0.301 e. The number of benzene rings is 1. The van der Waals surface area contributed by atoms with Crippen molar-refractivity contribution in [1.82, 2.24) is 9.29 Å². The maximum absolute atomic E-state index is 11.9. The molecule has 23 heavy (non-hydrogen) atoms. The third kappa shape index (κ3) is 4.74. The van der Waals surface area contributed by atoms with E-state index in [1.807, 2.05) is 19.1 Å². The first kappa shape index (κ1) is 17.9. The number of sulfonamides is 1. The Labute approximate surface area is 144 Å². The summed E-state index contributed by atoms with van der Waals surface area (Å²) < 4.78 is 23.6. The fraction of sp³-hybridized carbons (Fsp3) is 0.286. The second-order valence-corrected chi connectivity index (χ2v) is 8.73. The molecule has 0 fully saturated rings. The Hall–Kier alpha value is -1.48. The van der Waals surface area contributed by atoms with Crippen molar-refractivity contribution in [1.29, 1.82) is 0 Å². The van der Waals surface area contributed by atoms with Gasteiger partial charge in [0.15, 0.2) is 5.13 Å². The highest BCUT2D eigenvalue weighted by atomic mass is 35.5. The Kier molecular flexibility index (Phi) is 5.41. The average molecular weight is 374 g/mol. The topological polar surface area (TPSA) is 79.4 Å². The molecule has 0 radical (unpaired) electrons. The molecule has 124 valence electrons. The SMILES string of the molecule is Cc1sc(NC(=O)CN(C)S(C)(=O)=O)nc1-c1ccc(Cl)cc1. The van der Waals surface area contributed by atoms with E-state index in [9.17, 15) is 13.2 Å². The van der Waals surface area contributed by atoms with E-state index in [2.05, 4.69) is 10.3 Å². The molecule has 0 atom stereocenters. The summed E-state index contributed by atoms with van der Waals surface area (Å²) >= 11 is 7.20. The largest absolute Gasteiger partial charge is 0.301 e. The standard InChI is InChI=1S/C14H16ClN3O3S2/c1-9-13(10-4-6-11(15)7-5-10)17-14(22-9)16-12(19)8-18(2)23(3,20)21/h4-7H,8H2,1-3H3,(H,16,17,19). The molecule has 6 nitrogen and oxygen atoms in total. The molecule has 0 spiro atoms. The number of carbonyl (C=O) groups excluding carboxylic acids is 1. The fourth-order valence-electron chi connectivity index (χ4n) is 1.80. The van der Waals surface area contributed by atoms with Crippen LogP contribution in [0.1, 0.15) is 4.88 Å². The quantitative estimate of drug-likeness (QED) is 0.873. The van der Waals surface area contributed by atoms with Gasteiger partial charge in [-0.25, -0.2) is 13.4 Å². The van der Waals surface area contributed by atoms with E-state index in [0.29, 0.717) is 10.2 Å². The van der Waals surface area contributed by atoms with Gasteiger partial charge in [0, 0.05) is 22.5 Å². The highest BCUT2D eigenvalue weighted by Gasteiger charge is 2.17. The van der Waals surface area contributed by atoms with Gasteiger partial charge in [-0.05, 0) is 19.1 Å². The van der Waals surface area contributed by atoms with Crippen molar-refractivity contribution in [3.8, 4) is 11.3 Å². The monoisotopic (exact) mass is 373 g/mol. The highest BCUT2D eigenvalue weighted by Crippen LogP contribution is 2.30. The molecule has 1 heterocycles. The number of rotatable bonds is 5. The molecule has 0 aliphatic rings. The number of anilines is 1. The van der Waals surface area contributed by atoms with Gasteiger partial charge in [-0.3, -0.25) is 4.79 Å². The number of hydrogen-bond acceptors (Lipinski definition) is 5. The van der Waals surface area contributed by atoms with Crippen LogP contribution in [-0.2, 0) is 14.8 Å². The van der Waals surface area contributed by atoms with E-state index in [1.54, 1.807) is 12.1 Å². The van der Waals surface area contributed by atoms with E-state index in [4.69, 9.17) is 11.6 Å². The van der Waals surface area contributed by atoms with Gasteiger partial charge in [-0.2, -0.15) is 4.31 Å². The lowest BCUT2D eigenvalue weighted by molar-refractivity contribution is -0.116. The molecule has 0 aliphatic heterocycles. The average Bonchev–Trinajstić information content (AvgIpc) is 2.79. The van der Waals surface area contributed by atoms with Gasteiger partial charge < -0.3 is 5.32 Å². The second-order valence-electron chi connectivity index (χ2n) is 5.00. The van der Waals surface area contributed by atoms with Gasteiger partial charge >= 0.3 is 0 Å². The molecule has 1 amide bonds. The van der Waals surface area contributed by atoms with E-state index in [0.717, 1.165) is 26.7 Å². The van der Waals surface area contributed by atoms with Gasteiger partial charge in [0.25, 0.3) is 0 Å². The first-order valence-corrected chi connectivity index (χ1v) is 9.65. The van der Waals surface area contributed by atoms with Crippen LogP contribution in [0.15, 0.2) is 24.3 Å². The van der Waals surface area contributed by atoms with Crippen molar-refractivity contribution in [3.63, 3.8) is 0 Å². The Morgan fingerprint density at radius 1 is 1.35 bits per heavy atom. The van der Waals surface area contributed by atoms with Crippen LogP contribution in [0.3, 0.4) is 0 Å². The summed E-state index contributed by atoms with van der Waals surface area (Å²) in [5.74, 6) is -0.436. The summed E-state index contributed by atoms with van der Waals surface area (Å²) in [6, 6.07) is 7.25. The zero-order chi connectivity index (χ0) is 17.2. The fourth-order valence-corrected chi connectivity index (χ4v) is 3.13. The Balaban J connectivity index is 2.12. The number of nitrogens with one attached hydrogen (secondary N) is 1. The first-order chi connectivity index (χ1) is 10.7. The van der Waals surface area contributed by atoms with E-state index in [-0.39, 0.29) is 6.54 Å². The summed E-state index contributed by atoms with van der Waals surface area (Å²) in [6.45, 7) is 1.65. The number of nitrogens with zero attached hydrogens (tertiary/aromatic N) is 2. The van der Waals surface area contributed by atoms with Crippen LogP contribution in [0.4, 0.5) is 5.13 Å².